The zero-order valence-electron chi connectivity index (χ0n) is 13.1. The van der Waals surface area contributed by atoms with Crippen LogP contribution in [0.15, 0.2) is 34.5 Å². The first-order valence-corrected chi connectivity index (χ1v) is 7.93. The second-order valence-electron chi connectivity index (χ2n) is 5.23. The SMILES string of the molecule is CCOC(=O)C1=C(C)N=C(C)C(C#N)C1c1ccc(Cl)c(Cl)c1. The molecule has 1 aromatic carbocycles. The smallest absolute Gasteiger partial charge is 0.336 e. The average Bonchev–Trinajstić information content (AvgIpc) is 2.49. The summed E-state index contributed by atoms with van der Waals surface area (Å²) >= 11 is 12.1. The van der Waals surface area contributed by atoms with E-state index in [1.807, 2.05) is 0 Å². The number of carbonyl (C=O) groups is 1. The molecule has 0 bridgehead atoms. The van der Waals surface area contributed by atoms with Gasteiger partial charge in [-0.05, 0) is 38.5 Å². The van der Waals surface area contributed by atoms with Crippen LogP contribution in [0.5, 0.6) is 0 Å². The molecule has 0 N–H and O–H groups in total. The monoisotopic (exact) mass is 350 g/mol. The molecule has 2 rings (SSSR count). The number of carbonyl (C=O) groups excluding carboxylic acids is 1. The first-order valence-electron chi connectivity index (χ1n) is 7.18. The Bertz CT molecular complexity index is 747. The summed E-state index contributed by atoms with van der Waals surface area (Å²) in [4.78, 5) is 16.7. The van der Waals surface area contributed by atoms with Crippen LogP contribution in [0.1, 0.15) is 32.3 Å². The van der Waals surface area contributed by atoms with Crippen LogP contribution >= 0.6 is 23.2 Å². The number of hydrogen-bond acceptors (Lipinski definition) is 4. The molecular weight excluding hydrogens is 335 g/mol. The van der Waals surface area contributed by atoms with Gasteiger partial charge in [-0.3, -0.25) is 4.99 Å². The number of benzene rings is 1. The average molecular weight is 351 g/mol. The van der Waals surface area contributed by atoms with Crippen molar-refractivity contribution < 1.29 is 9.53 Å². The van der Waals surface area contributed by atoms with Gasteiger partial charge in [0.2, 0.25) is 0 Å². The number of nitriles is 1. The summed E-state index contributed by atoms with van der Waals surface area (Å²) in [5.74, 6) is -1.50. The summed E-state index contributed by atoms with van der Waals surface area (Å²) in [5, 5.41) is 10.4. The second kappa shape index (κ2) is 7.16. The molecule has 0 spiro atoms. The summed E-state index contributed by atoms with van der Waals surface area (Å²) in [5.41, 5.74) is 2.35. The maximum atomic E-state index is 12.4. The topological polar surface area (TPSA) is 62.4 Å². The highest BCUT2D eigenvalue weighted by atomic mass is 35.5. The molecule has 120 valence electrons. The Labute approximate surface area is 145 Å². The molecule has 1 aromatic rings. The Balaban J connectivity index is 2.62. The van der Waals surface area contributed by atoms with Crippen LogP contribution in [0.3, 0.4) is 0 Å². The minimum absolute atomic E-state index is 0.254. The molecule has 1 heterocycles. The van der Waals surface area contributed by atoms with E-state index in [0.717, 1.165) is 5.56 Å². The minimum Gasteiger partial charge on any atom is -0.463 e. The first-order chi connectivity index (χ1) is 10.9. The molecule has 0 aliphatic carbocycles. The van der Waals surface area contributed by atoms with Gasteiger partial charge in [-0.25, -0.2) is 4.79 Å². The van der Waals surface area contributed by atoms with Crippen molar-refractivity contribution >= 4 is 34.9 Å². The number of ether oxygens (including phenoxy) is 1. The Hall–Kier alpha value is -1.83. The third-order valence-electron chi connectivity index (χ3n) is 3.77. The van der Waals surface area contributed by atoms with Gasteiger partial charge in [0, 0.05) is 17.3 Å². The van der Waals surface area contributed by atoms with Crippen molar-refractivity contribution in [2.45, 2.75) is 26.7 Å². The van der Waals surface area contributed by atoms with Crippen molar-refractivity contribution in [3.8, 4) is 6.07 Å². The van der Waals surface area contributed by atoms with Gasteiger partial charge in [0.15, 0.2) is 0 Å². The van der Waals surface area contributed by atoms with Crippen molar-refractivity contribution in [2.24, 2.45) is 10.9 Å². The summed E-state index contributed by atoms with van der Waals surface area (Å²) in [6, 6.07) is 7.35. The third kappa shape index (κ3) is 3.41. The molecule has 0 fully saturated rings. The third-order valence-corrected chi connectivity index (χ3v) is 4.50. The number of halogens is 2. The fourth-order valence-electron chi connectivity index (χ4n) is 2.74. The molecule has 23 heavy (non-hydrogen) atoms. The van der Waals surface area contributed by atoms with Gasteiger partial charge >= 0.3 is 5.97 Å². The van der Waals surface area contributed by atoms with E-state index in [0.29, 0.717) is 27.0 Å². The van der Waals surface area contributed by atoms with Crippen LogP contribution in [0.4, 0.5) is 0 Å². The number of esters is 1. The van der Waals surface area contributed by atoms with Gasteiger partial charge in [0.05, 0.1) is 34.2 Å². The fraction of sp³-hybridized carbons (Fsp3) is 0.353. The van der Waals surface area contributed by atoms with E-state index in [4.69, 9.17) is 27.9 Å². The fourth-order valence-corrected chi connectivity index (χ4v) is 3.05. The molecule has 1 aliphatic rings. The van der Waals surface area contributed by atoms with E-state index in [2.05, 4.69) is 11.1 Å². The Kier molecular flexibility index (Phi) is 5.46. The van der Waals surface area contributed by atoms with Crippen LogP contribution in [0, 0.1) is 17.2 Å². The quantitative estimate of drug-likeness (QED) is 0.752. The molecule has 6 heteroatoms. The van der Waals surface area contributed by atoms with Gasteiger partial charge in [0.25, 0.3) is 0 Å². The molecule has 0 radical (unpaired) electrons. The van der Waals surface area contributed by atoms with Gasteiger partial charge in [-0.1, -0.05) is 29.3 Å². The molecule has 4 nitrogen and oxygen atoms in total. The normalized spacial score (nSPS) is 20.8. The summed E-state index contributed by atoms with van der Waals surface area (Å²) in [7, 11) is 0. The number of nitrogens with zero attached hydrogens (tertiary/aromatic N) is 2. The van der Waals surface area contributed by atoms with E-state index in [1.54, 1.807) is 39.0 Å². The molecule has 0 saturated heterocycles. The summed E-state index contributed by atoms with van der Waals surface area (Å²) in [6.45, 7) is 5.52. The van der Waals surface area contributed by atoms with Crippen LogP contribution in [-0.4, -0.2) is 18.3 Å². The van der Waals surface area contributed by atoms with Gasteiger partial charge < -0.3 is 4.74 Å². The second-order valence-corrected chi connectivity index (χ2v) is 6.05. The molecule has 2 unspecified atom stereocenters. The van der Waals surface area contributed by atoms with E-state index in [1.165, 1.54) is 0 Å². The number of hydrogen-bond donors (Lipinski definition) is 0. The van der Waals surface area contributed by atoms with Gasteiger partial charge in [0.1, 0.15) is 0 Å². The van der Waals surface area contributed by atoms with Crippen molar-refractivity contribution in [1.82, 2.24) is 0 Å². The zero-order valence-corrected chi connectivity index (χ0v) is 14.6. The number of allylic oxidation sites excluding steroid dienone is 1. The minimum atomic E-state index is -0.560. The Morgan fingerprint density at radius 2 is 2.04 bits per heavy atom. The summed E-state index contributed by atoms with van der Waals surface area (Å²) < 4.78 is 5.15. The van der Waals surface area contributed by atoms with E-state index in [-0.39, 0.29) is 6.61 Å². The summed E-state index contributed by atoms with van der Waals surface area (Å²) in [6.07, 6.45) is 0. The molecule has 0 saturated carbocycles. The van der Waals surface area contributed by atoms with Gasteiger partial charge in [-0.2, -0.15) is 5.26 Å². The number of aliphatic imine (C=N–C) groups is 1. The highest BCUT2D eigenvalue weighted by Crippen LogP contribution is 2.40. The number of rotatable bonds is 3. The Morgan fingerprint density at radius 1 is 1.35 bits per heavy atom. The van der Waals surface area contributed by atoms with Gasteiger partial charge in [-0.15, -0.1) is 0 Å². The highest BCUT2D eigenvalue weighted by Gasteiger charge is 2.37. The maximum absolute atomic E-state index is 12.4. The van der Waals surface area contributed by atoms with Crippen LogP contribution in [0.2, 0.25) is 10.0 Å². The Morgan fingerprint density at radius 3 is 2.61 bits per heavy atom. The molecule has 0 aromatic heterocycles. The predicted octanol–water partition coefficient (Wildman–Crippen LogP) is 4.53. The van der Waals surface area contributed by atoms with Crippen molar-refractivity contribution in [2.75, 3.05) is 6.61 Å². The van der Waals surface area contributed by atoms with Crippen LogP contribution < -0.4 is 0 Å². The van der Waals surface area contributed by atoms with Crippen LogP contribution in [0.25, 0.3) is 0 Å². The van der Waals surface area contributed by atoms with E-state index < -0.39 is 17.8 Å². The molecule has 0 amide bonds. The predicted molar refractivity (Wildman–Crippen MR) is 90.7 cm³/mol. The molecular formula is C17H16Cl2N2O2. The first kappa shape index (κ1) is 17.5. The lowest BCUT2D eigenvalue weighted by Gasteiger charge is -2.29. The van der Waals surface area contributed by atoms with Crippen LogP contribution in [-0.2, 0) is 9.53 Å². The molecule has 2 atom stereocenters. The molecule has 1 aliphatic heterocycles. The van der Waals surface area contributed by atoms with Crippen molar-refractivity contribution in [1.29, 1.82) is 5.26 Å². The van der Waals surface area contributed by atoms with Crippen molar-refractivity contribution in [3.63, 3.8) is 0 Å². The largest absolute Gasteiger partial charge is 0.463 e. The maximum Gasteiger partial charge on any atom is 0.336 e. The standard InChI is InChI=1S/C17H16Cl2N2O2/c1-4-23-17(22)15-10(3)21-9(2)12(8-20)16(15)11-5-6-13(18)14(19)7-11/h5-7,12,16H,4H2,1-3H3. The zero-order chi connectivity index (χ0) is 17.1. The van der Waals surface area contributed by atoms with Crippen molar-refractivity contribution in [3.05, 3.63) is 45.1 Å². The highest BCUT2D eigenvalue weighted by molar-refractivity contribution is 6.42. The lowest BCUT2D eigenvalue weighted by atomic mass is 9.76. The lowest BCUT2D eigenvalue weighted by Crippen LogP contribution is -2.29. The van der Waals surface area contributed by atoms with E-state index >= 15 is 0 Å². The lowest BCUT2D eigenvalue weighted by molar-refractivity contribution is -0.139. The van der Waals surface area contributed by atoms with E-state index in [9.17, 15) is 10.1 Å².